The quantitative estimate of drug-likeness (QED) is 0.280. The molecule has 0 fully saturated rings. The van der Waals surface area contributed by atoms with Gasteiger partial charge in [0, 0.05) is 5.69 Å². The number of rotatable bonds is 0. The second-order valence-corrected chi connectivity index (χ2v) is 6.09. The summed E-state index contributed by atoms with van der Waals surface area (Å²) >= 11 is 0. The number of anilines is 1. The SMILES string of the molecule is Nc1ccc2ccc3c(ccc4c5ccccc5ccc43)c2c1. The van der Waals surface area contributed by atoms with Gasteiger partial charge in [-0.2, -0.15) is 0 Å². The van der Waals surface area contributed by atoms with Crippen LogP contribution in [0.4, 0.5) is 5.69 Å². The standard InChI is InChI=1S/C22H15N/c23-16-8-5-15-7-10-20-19-9-6-14-3-1-2-4-17(14)18(19)11-12-21(20)22(15)13-16/h1-13H,23H2. The number of nitrogens with two attached hydrogens (primary N) is 1. The Morgan fingerprint density at radius 2 is 0.957 bits per heavy atom. The third kappa shape index (κ3) is 1.74. The van der Waals surface area contributed by atoms with Crippen LogP contribution in [0.25, 0.3) is 43.1 Å². The summed E-state index contributed by atoms with van der Waals surface area (Å²) in [5, 5.41) is 10.2. The van der Waals surface area contributed by atoms with Crippen LogP contribution in [0.2, 0.25) is 0 Å². The lowest BCUT2D eigenvalue weighted by Gasteiger charge is -2.10. The number of nitrogen functional groups attached to an aromatic ring is 1. The fraction of sp³-hybridized carbons (Fsp3) is 0. The van der Waals surface area contributed by atoms with Gasteiger partial charge in [0.05, 0.1) is 0 Å². The first-order valence-corrected chi connectivity index (χ1v) is 7.84. The lowest BCUT2D eigenvalue weighted by atomic mass is 9.94. The average molecular weight is 293 g/mol. The Morgan fingerprint density at radius 3 is 1.74 bits per heavy atom. The van der Waals surface area contributed by atoms with Gasteiger partial charge in [0.2, 0.25) is 0 Å². The normalized spacial score (nSPS) is 11.7. The van der Waals surface area contributed by atoms with Crippen LogP contribution in [0.3, 0.4) is 0 Å². The van der Waals surface area contributed by atoms with Gasteiger partial charge < -0.3 is 5.73 Å². The summed E-state index contributed by atoms with van der Waals surface area (Å²) in [6.07, 6.45) is 0. The molecule has 0 saturated carbocycles. The second kappa shape index (κ2) is 4.47. The Balaban J connectivity index is 2.02. The molecule has 0 saturated heterocycles. The van der Waals surface area contributed by atoms with E-state index in [2.05, 4.69) is 72.8 Å². The number of fused-ring (bicyclic) bond motifs is 7. The molecule has 0 aromatic heterocycles. The Bertz CT molecular complexity index is 1220. The molecule has 5 aromatic carbocycles. The Labute approximate surface area is 133 Å². The minimum Gasteiger partial charge on any atom is -0.399 e. The van der Waals surface area contributed by atoms with Crippen molar-refractivity contribution in [3.63, 3.8) is 0 Å². The maximum Gasteiger partial charge on any atom is 0.0320 e. The van der Waals surface area contributed by atoms with Gasteiger partial charge in [0.1, 0.15) is 0 Å². The Kier molecular flexibility index (Phi) is 2.42. The van der Waals surface area contributed by atoms with Crippen molar-refractivity contribution < 1.29 is 0 Å². The van der Waals surface area contributed by atoms with Gasteiger partial charge in [-0.1, -0.05) is 66.7 Å². The van der Waals surface area contributed by atoms with Crippen LogP contribution >= 0.6 is 0 Å². The average Bonchev–Trinajstić information content (AvgIpc) is 2.60. The van der Waals surface area contributed by atoms with Gasteiger partial charge in [-0.05, 0) is 55.2 Å². The monoisotopic (exact) mass is 293 g/mol. The third-order valence-electron chi connectivity index (χ3n) is 4.76. The highest BCUT2D eigenvalue weighted by Gasteiger charge is 2.07. The summed E-state index contributed by atoms with van der Waals surface area (Å²) in [5.41, 5.74) is 6.81. The zero-order valence-corrected chi connectivity index (χ0v) is 12.6. The van der Waals surface area contributed by atoms with E-state index in [1.165, 1.54) is 43.1 Å². The van der Waals surface area contributed by atoms with Gasteiger partial charge in [-0.3, -0.25) is 0 Å². The van der Waals surface area contributed by atoms with E-state index in [1.54, 1.807) is 0 Å². The van der Waals surface area contributed by atoms with Crippen LogP contribution in [-0.2, 0) is 0 Å². The van der Waals surface area contributed by atoms with Crippen molar-refractivity contribution in [2.45, 2.75) is 0 Å². The smallest absolute Gasteiger partial charge is 0.0320 e. The molecule has 0 aliphatic carbocycles. The van der Waals surface area contributed by atoms with E-state index in [1.807, 2.05) is 6.07 Å². The summed E-state index contributed by atoms with van der Waals surface area (Å²) in [5.74, 6) is 0. The minimum atomic E-state index is 0.809. The first kappa shape index (κ1) is 12.5. The second-order valence-electron chi connectivity index (χ2n) is 6.09. The van der Waals surface area contributed by atoms with Gasteiger partial charge in [-0.25, -0.2) is 0 Å². The molecular weight excluding hydrogens is 278 g/mol. The molecule has 0 unspecified atom stereocenters. The predicted octanol–water partition coefficient (Wildman–Crippen LogP) is 5.88. The van der Waals surface area contributed by atoms with Gasteiger partial charge in [0.25, 0.3) is 0 Å². The molecule has 1 nitrogen and oxygen atoms in total. The molecule has 0 spiro atoms. The van der Waals surface area contributed by atoms with Crippen molar-refractivity contribution in [3.05, 3.63) is 78.9 Å². The van der Waals surface area contributed by atoms with Crippen LogP contribution in [0.15, 0.2) is 78.9 Å². The predicted molar refractivity (Wildman–Crippen MR) is 101 cm³/mol. The number of hydrogen-bond acceptors (Lipinski definition) is 1. The topological polar surface area (TPSA) is 26.0 Å². The minimum absolute atomic E-state index is 0.809. The molecule has 0 bridgehead atoms. The van der Waals surface area contributed by atoms with Crippen LogP contribution in [0.5, 0.6) is 0 Å². The highest BCUT2D eigenvalue weighted by molar-refractivity contribution is 6.22. The number of hydrogen-bond donors (Lipinski definition) is 1. The fourth-order valence-corrected chi connectivity index (χ4v) is 3.65. The van der Waals surface area contributed by atoms with E-state index in [0.717, 1.165) is 5.69 Å². The van der Waals surface area contributed by atoms with E-state index in [0.29, 0.717) is 0 Å². The lowest BCUT2D eigenvalue weighted by Crippen LogP contribution is -1.86. The molecule has 0 aliphatic heterocycles. The van der Waals surface area contributed by atoms with E-state index in [9.17, 15) is 0 Å². The van der Waals surface area contributed by atoms with E-state index < -0.39 is 0 Å². The van der Waals surface area contributed by atoms with Crippen molar-refractivity contribution in [2.75, 3.05) is 5.73 Å². The molecular formula is C22H15N. The molecule has 0 radical (unpaired) electrons. The molecule has 1 heteroatoms. The highest BCUT2D eigenvalue weighted by atomic mass is 14.5. The van der Waals surface area contributed by atoms with E-state index in [4.69, 9.17) is 5.73 Å². The molecule has 0 atom stereocenters. The van der Waals surface area contributed by atoms with Crippen LogP contribution < -0.4 is 5.73 Å². The first-order valence-electron chi connectivity index (χ1n) is 7.84. The summed E-state index contributed by atoms with van der Waals surface area (Å²) in [6, 6.07) is 28.0. The molecule has 23 heavy (non-hydrogen) atoms. The molecule has 5 aromatic rings. The van der Waals surface area contributed by atoms with Crippen molar-refractivity contribution in [1.29, 1.82) is 0 Å². The molecule has 5 rings (SSSR count). The van der Waals surface area contributed by atoms with Crippen LogP contribution in [0, 0.1) is 0 Å². The Morgan fingerprint density at radius 1 is 0.435 bits per heavy atom. The molecule has 0 amide bonds. The zero-order chi connectivity index (χ0) is 15.4. The van der Waals surface area contributed by atoms with E-state index in [-0.39, 0.29) is 0 Å². The lowest BCUT2D eigenvalue weighted by molar-refractivity contribution is 1.75. The maximum atomic E-state index is 6.00. The Hall–Kier alpha value is -3.06. The van der Waals surface area contributed by atoms with Crippen molar-refractivity contribution >= 4 is 48.8 Å². The third-order valence-corrected chi connectivity index (χ3v) is 4.76. The number of benzene rings is 5. The highest BCUT2D eigenvalue weighted by Crippen LogP contribution is 2.35. The van der Waals surface area contributed by atoms with Crippen LogP contribution in [0.1, 0.15) is 0 Å². The molecule has 2 N–H and O–H groups in total. The maximum absolute atomic E-state index is 6.00. The zero-order valence-electron chi connectivity index (χ0n) is 12.6. The van der Waals surface area contributed by atoms with Crippen LogP contribution in [-0.4, -0.2) is 0 Å². The van der Waals surface area contributed by atoms with E-state index >= 15 is 0 Å². The fourth-order valence-electron chi connectivity index (χ4n) is 3.65. The molecule has 0 heterocycles. The van der Waals surface area contributed by atoms with Gasteiger partial charge in [-0.15, -0.1) is 0 Å². The summed E-state index contributed by atoms with van der Waals surface area (Å²) in [6.45, 7) is 0. The summed E-state index contributed by atoms with van der Waals surface area (Å²) in [4.78, 5) is 0. The van der Waals surface area contributed by atoms with Crippen molar-refractivity contribution in [2.24, 2.45) is 0 Å². The van der Waals surface area contributed by atoms with Gasteiger partial charge >= 0.3 is 0 Å². The summed E-state index contributed by atoms with van der Waals surface area (Å²) < 4.78 is 0. The molecule has 0 aliphatic rings. The summed E-state index contributed by atoms with van der Waals surface area (Å²) in [7, 11) is 0. The first-order chi connectivity index (χ1) is 11.3. The largest absolute Gasteiger partial charge is 0.399 e. The van der Waals surface area contributed by atoms with Crippen molar-refractivity contribution in [3.8, 4) is 0 Å². The van der Waals surface area contributed by atoms with Gasteiger partial charge in [0.15, 0.2) is 0 Å². The molecule has 108 valence electrons. The van der Waals surface area contributed by atoms with Crippen molar-refractivity contribution in [1.82, 2.24) is 0 Å².